The van der Waals surface area contributed by atoms with Crippen LogP contribution in [-0.2, 0) is 4.79 Å². The average molecular weight is 275 g/mol. The number of benzene rings is 1. The van der Waals surface area contributed by atoms with Gasteiger partial charge in [-0.2, -0.15) is 0 Å². The number of hydrogen-bond acceptors (Lipinski definition) is 1. The van der Waals surface area contributed by atoms with Gasteiger partial charge < -0.3 is 10.2 Å². The van der Waals surface area contributed by atoms with E-state index in [0.29, 0.717) is 0 Å². The molecule has 2 N–H and O–H groups in total. The topological polar surface area (TPSA) is 33.5 Å². The number of carbonyl (C=O) groups excluding carboxylic acids is 1. The van der Waals surface area contributed by atoms with Crippen molar-refractivity contribution in [1.82, 2.24) is 0 Å². The summed E-state index contributed by atoms with van der Waals surface area (Å²) < 4.78 is 0. The summed E-state index contributed by atoms with van der Waals surface area (Å²) in [6, 6.07) is 6.18. The monoisotopic (exact) mass is 275 g/mol. The molecule has 1 amide bonds. The van der Waals surface area contributed by atoms with Crippen molar-refractivity contribution in [3.63, 3.8) is 0 Å². The molecule has 3 atom stereocenters. The zero-order valence-corrected chi connectivity index (χ0v) is 13.1. The molecule has 0 aromatic heterocycles. The highest BCUT2D eigenvalue weighted by Crippen LogP contribution is 2.16. The molecule has 1 unspecified atom stereocenters. The molecule has 1 aromatic carbocycles. The van der Waals surface area contributed by atoms with Gasteiger partial charge in [-0.05, 0) is 45.2 Å². The van der Waals surface area contributed by atoms with Crippen LogP contribution in [0.5, 0.6) is 0 Å². The Bertz CT molecular complexity index is 484. The van der Waals surface area contributed by atoms with Crippen molar-refractivity contribution in [2.24, 2.45) is 5.92 Å². The third kappa shape index (κ3) is 3.60. The lowest BCUT2D eigenvalue weighted by atomic mass is 9.99. The van der Waals surface area contributed by atoms with Crippen LogP contribution in [0, 0.1) is 19.8 Å². The first kappa shape index (κ1) is 15.0. The van der Waals surface area contributed by atoms with E-state index in [1.165, 1.54) is 23.3 Å². The molecule has 0 saturated carbocycles. The number of likely N-dealkylation sites (tertiary alicyclic amines) is 1. The number of quaternary nitrogens is 1. The predicted molar refractivity (Wildman–Crippen MR) is 83.1 cm³/mol. The molecule has 20 heavy (non-hydrogen) atoms. The van der Waals surface area contributed by atoms with Gasteiger partial charge in [0.1, 0.15) is 0 Å². The Kier molecular flexibility index (Phi) is 4.81. The van der Waals surface area contributed by atoms with Crippen molar-refractivity contribution in [1.29, 1.82) is 0 Å². The molecule has 2 rings (SSSR count). The van der Waals surface area contributed by atoms with Gasteiger partial charge >= 0.3 is 0 Å². The van der Waals surface area contributed by atoms with Crippen molar-refractivity contribution in [3.05, 3.63) is 29.3 Å². The molecule has 0 radical (unpaired) electrons. The van der Waals surface area contributed by atoms with E-state index in [9.17, 15) is 4.79 Å². The fraction of sp³-hybridized carbons (Fsp3) is 0.588. The van der Waals surface area contributed by atoms with Gasteiger partial charge in [-0.15, -0.1) is 0 Å². The molecule has 1 fully saturated rings. The van der Waals surface area contributed by atoms with Crippen LogP contribution in [0.25, 0.3) is 0 Å². The molecule has 1 aliphatic rings. The van der Waals surface area contributed by atoms with E-state index in [4.69, 9.17) is 0 Å². The number of aryl methyl sites for hydroxylation is 2. The standard InChI is InChI=1S/C17H26N2O/c1-12-7-8-16(14(3)10-12)18-17(20)15(4)19-9-5-6-13(2)11-19/h7-8,10,13,15H,5-6,9,11H2,1-4H3,(H,18,20)/p+1/t13-,15-/m0/s1. The van der Waals surface area contributed by atoms with Crippen molar-refractivity contribution in [3.8, 4) is 0 Å². The summed E-state index contributed by atoms with van der Waals surface area (Å²) in [6.45, 7) is 10.7. The second kappa shape index (κ2) is 6.40. The smallest absolute Gasteiger partial charge is 0.282 e. The third-order valence-corrected chi connectivity index (χ3v) is 4.45. The van der Waals surface area contributed by atoms with E-state index >= 15 is 0 Å². The Morgan fingerprint density at radius 3 is 2.80 bits per heavy atom. The van der Waals surface area contributed by atoms with Gasteiger partial charge in [-0.1, -0.05) is 24.6 Å². The maximum absolute atomic E-state index is 12.4. The molecule has 0 bridgehead atoms. The van der Waals surface area contributed by atoms with Crippen LogP contribution in [0.4, 0.5) is 5.69 Å². The number of rotatable bonds is 3. The Hall–Kier alpha value is -1.35. The number of anilines is 1. The van der Waals surface area contributed by atoms with Crippen molar-refractivity contribution >= 4 is 11.6 Å². The molecule has 0 spiro atoms. The second-order valence-corrected chi connectivity index (χ2v) is 6.39. The number of carbonyl (C=O) groups is 1. The van der Waals surface area contributed by atoms with Crippen LogP contribution < -0.4 is 10.2 Å². The summed E-state index contributed by atoms with van der Waals surface area (Å²) in [5.41, 5.74) is 3.30. The first-order valence-corrected chi connectivity index (χ1v) is 7.70. The summed E-state index contributed by atoms with van der Waals surface area (Å²) >= 11 is 0. The van der Waals surface area contributed by atoms with Crippen LogP contribution in [-0.4, -0.2) is 25.0 Å². The van der Waals surface area contributed by atoms with E-state index in [2.05, 4.69) is 25.2 Å². The minimum absolute atomic E-state index is 0.0263. The Morgan fingerprint density at radius 2 is 2.15 bits per heavy atom. The van der Waals surface area contributed by atoms with Crippen molar-refractivity contribution < 1.29 is 9.69 Å². The first-order chi connectivity index (χ1) is 9.47. The normalized spacial score (nSPS) is 24.2. The summed E-state index contributed by atoms with van der Waals surface area (Å²) in [4.78, 5) is 13.8. The van der Waals surface area contributed by atoms with Gasteiger partial charge in [0.15, 0.2) is 6.04 Å². The van der Waals surface area contributed by atoms with Crippen LogP contribution in [0.2, 0.25) is 0 Å². The number of hydrogen-bond donors (Lipinski definition) is 2. The predicted octanol–water partition coefficient (Wildman–Crippen LogP) is 1.95. The van der Waals surface area contributed by atoms with E-state index in [1.54, 1.807) is 0 Å². The van der Waals surface area contributed by atoms with Gasteiger partial charge in [0, 0.05) is 11.6 Å². The molecular formula is C17H27N2O+. The summed E-state index contributed by atoms with van der Waals surface area (Å²) in [6.07, 6.45) is 2.53. The fourth-order valence-corrected chi connectivity index (χ4v) is 3.10. The van der Waals surface area contributed by atoms with E-state index < -0.39 is 0 Å². The maximum atomic E-state index is 12.4. The zero-order chi connectivity index (χ0) is 14.7. The molecule has 1 aromatic rings. The van der Waals surface area contributed by atoms with Crippen LogP contribution in [0.15, 0.2) is 18.2 Å². The molecule has 0 aliphatic carbocycles. The molecule has 1 saturated heterocycles. The number of amides is 1. The largest absolute Gasteiger partial charge is 0.325 e. The first-order valence-electron chi connectivity index (χ1n) is 7.70. The van der Waals surface area contributed by atoms with Crippen LogP contribution in [0.3, 0.4) is 0 Å². The minimum Gasteiger partial charge on any atom is -0.325 e. The molecular weight excluding hydrogens is 248 g/mol. The second-order valence-electron chi connectivity index (χ2n) is 6.39. The minimum atomic E-state index is 0.0263. The lowest BCUT2D eigenvalue weighted by Gasteiger charge is -2.31. The van der Waals surface area contributed by atoms with E-state index in [0.717, 1.165) is 30.3 Å². The Labute approximate surface area is 122 Å². The van der Waals surface area contributed by atoms with Gasteiger partial charge in [-0.25, -0.2) is 0 Å². The molecule has 3 nitrogen and oxygen atoms in total. The maximum Gasteiger partial charge on any atom is 0.282 e. The zero-order valence-electron chi connectivity index (χ0n) is 13.1. The van der Waals surface area contributed by atoms with Gasteiger partial charge in [0.25, 0.3) is 5.91 Å². The lowest BCUT2D eigenvalue weighted by Crippen LogP contribution is -3.17. The molecule has 110 valence electrons. The van der Waals surface area contributed by atoms with Crippen molar-refractivity contribution in [2.75, 3.05) is 18.4 Å². The highest BCUT2D eigenvalue weighted by atomic mass is 16.2. The summed E-state index contributed by atoms with van der Waals surface area (Å²) in [5.74, 6) is 0.871. The highest BCUT2D eigenvalue weighted by Gasteiger charge is 2.29. The SMILES string of the molecule is Cc1ccc(NC(=O)[C@H](C)[NH+]2CCC[C@H](C)C2)c(C)c1. The fourth-order valence-electron chi connectivity index (χ4n) is 3.10. The number of nitrogens with one attached hydrogen (secondary N) is 2. The van der Waals surface area contributed by atoms with Gasteiger partial charge in [0.2, 0.25) is 0 Å². The van der Waals surface area contributed by atoms with E-state index in [-0.39, 0.29) is 11.9 Å². The van der Waals surface area contributed by atoms with Crippen LogP contribution in [0.1, 0.15) is 37.8 Å². The lowest BCUT2D eigenvalue weighted by molar-refractivity contribution is -0.922. The Morgan fingerprint density at radius 1 is 1.40 bits per heavy atom. The van der Waals surface area contributed by atoms with Gasteiger partial charge in [0.05, 0.1) is 13.1 Å². The molecule has 3 heteroatoms. The Balaban J connectivity index is 2.00. The molecule has 1 heterocycles. The van der Waals surface area contributed by atoms with Crippen LogP contribution >= 0.6 is 0 Å². The summed E-state index contributed by atoms with van der Waals surface area (Å²) in [7, 11) is 0. The highest BCUT2D eigenvalue weighted by molar-refractivity contribution is 5.94. The quantitative estimate of drug-likeness (QED) is 0.868. The third-order valence-electron chi connectivity index (χ3n) is 4.45. The summed E-state index contributed by atoms with van der Waals surface area (Å²) in [5, 5.41) is 3.09. The van der Waals surface area contributed by atoms with Gasteiger partial charge in [-0.3, -0.25) is 4.79 Å². The number of piperidine rings is 1. The average Bonchev–Trinajstić information content (AvgIpc) is 2.41. The molecule has 1 aliphatic heterocycles. The van der Waals surface area contributed by atoms with E-state index in [1.807, 2.05) is 26.0 Å². The van der Waals surface area contributed by atoms with Crippen molar-refractivity contribution in [2.45, 2.75) is 46.6 Å².